The van der Waals surface area contributed by atoms with Gasteiger partial charge in [0.2, 0.25) is 0 Å². The van der Waals surface area contributed by atoms with Crippen molar-refractivity contribution in [2.75, 3.05) is 34.5 Å². The lowest BCUT2D eigenvalue weighted by atomic mass is 9.80. The minimum absolute atomic E-state index is 0.0496. The van der Waals surface area contributed by atoms with Crippen molar-refractivity contribution >= 4 is 20.5 Å². The van der Waals surface area contributed by atoms with Crippen LogP contribution in [-0.2, 0) is 47.9 Å². The van der Waals surface area contributed by atoms with Crippen molar-refractivity contribution in [3.8, 4) is 17.6 Å². The molecule has 1 heterocycles. The quantitative estimate of drug-likeness (QED) is 0.0539. The molecule has 14 heteroatoms. The van der Waals surface area contributed by atoms with Gasteiger partial charge in [-0.25, -0.2) is 4.67 Å². The van der Waals surface area contributed by atoms with Crippen LogP contribution in [0.1, 0.15) is 64.7 Å². The average molecular weight is 781 g/mol. The van der Waals surface area contributed by atoms with E-state index in [9.17, 15) is 14.9 Å². The molecule has 1 unspecified atom stereocenters. The van der Waals surface area contributed by atoms with Gasteiger partial charge in [-0.3, -0.25) is 9.59 Å². The SMILES string of the molecule is COc1ccc(C(OC[C@H]2O[C@H](OC)[C@H](OC(C)=O)[C@@H](OC(C)=O)[C@@H]2OP(OCCC#N)N(C(C)C)C(C)C)(c2ccccc2)c2ccc(OC)cc2)cc1. The second kappa shape index (κ2) is 20.7. The first kappa shape index (κ1) is 43.6. The van der Waals surface area contributed by atoms with Gasteiger partial charge in [-0.05, 0) is 68.7 Å². The van der Waals surface area contributed by atoms with E-state index in [0.29, 0.717) is 11.5 Å². The Morgan fingerprint density at radius 3 is 1.75 bits per heavy atom. The summed E-state index contributed by atoms with van der Waals surface area (Å²) in [5, 5.41) is 9.35. The molecule has 0 aromatic heterocycles. The predicted octanol–water partition coefficient (Wildman–Crippen LogP) is 6.91. The molecule has 6 atom stereocenters. The van der Waals surface area contributed by atoms with Crippen LogP contribution in [0.3, 0.4) is 0 Å². The lowest BCUT2D eigenvalue weighted by Crippen LogP contribution is -2.62. The number of esters is 2. The Morgan fingerprint density at radius 2 is 1.29 bits per heavy atom. The van der Waals surface area contributed by atoms with Crippen LogP contribution in [0.25, 0.3) is 0 Å². The first-order chi connectivity index (χ1) is 26.4. The fraction of sp³-hybridized carbons (Fsp3) is 0.488. The lowest BCUT2D eigenvalue weighted by Gasteiger charge is -2.47. The van der Waals surface area contributed by atoms with Gasteiger partial charge in [0.05, 0.1) is 39.9 Å². The van der Waals surface area contributed by atoms with Crippen LogP contribution in [0.5, 0.6) is 11.5 Å². The minimum Gasteiger partial charge on any atom is -0.497 e. The second-order valence-corrected chi connectivity index (χ2v) is 14.8. The van der Waals surface area contributed by atoms with E-state index in [1.54, 1.807) is 14.2 Å². The molecule has 55 heavy (non-hydrogen) atoms. The summed E-state index contributed by atoms with van der Waals surface area (Å²) >= 11 is 0. The third-order valence-electron chi connectivity index (χ3n) is 8.94. The van der Waals surface area contributed by atoms with Crippen LogP contribution in [0, 0.1) is 11.3 Å². The van der Waals surface area contributed by atoms with Crippen LogP contribution in [0.2, 0.25) is 0 Å². The number of benzene rings is 3. The molecule has 1 aliphatic rings. The number of nitriles is 1. The van der Waals surface area contributed by atoms with Crippen molar-refractivity contribution in [2.24, 2.45) is 0 Å². The topological polar surface area (TPSA) is 144 Å². The number of carbonyl (C=O) groups excluding carboxylic acids is 2. The Bertz CT molecular complexity index is 1630. The van der Waals surface area contributed by atoms with E-state index < -0.39 is 56.8 Å². The molecule has 4 rings (SSSR count). The Balaban J connectivity index is 1.92. The minimum atomic E-state index is -1.91. The number of methoxy groups -OCH3 is 3. The molecule has 0 bridgehead atoms. The summed E-state index contributed by atoms with van der Waals surface area (Å²) in [5.74, 6) is 0.0547. The van der Waals surface area contributed by atoms with Crippen LogP contribution in [0.15, 0.2) is 78.9 Å². The van der Waals surface area contributed by atoms with Crippen molar-refractivity contribution in [3.05, 3.63) is 95.6 Å². The predicted molar refractivity (Wildman–Crippen MR) is 205 cm³/mol. The Kier molecular flexibility index (Phi) is 16.4. The molecule has 0 spiro atoms. The molecule has 3 aromatic carbocycles. The van der Waals surface area contributed by atoms with E-state index in [0.717, 1.165) is 16.7 Å². The summed E-state index contributed by atoms with van der Waals surface area (Å²) in [6, 6.07) is 27.0. The van der Waals surface area contributed by atoms with Crippen LogP contribution < -0.4 is 9.47 Å². The second-order valence-electron chi connectivity index (χ2n) is 13.4. The van der Waals surface area contributed by atoms with E-state index in [2.05, 4.69) is 6.07 Å². The summed E-state index contributed by atoms with van der Waals surface area (Å²) in [6.45, 7) is 10.5. The summed E-state index contributed by atoms with van der Waals surface area (Å²) in [5.41, 5.74) is 1.13. The fourth-order valence-corrected chi connectivity index (χ4v) is 8.42. The fourth-order valence-electron chi connectivity index (χ4n) is 6.65. The number of carbonyl (C=O) groups is 2. The number of rotatable bonds is 19. The maximum Gasteiger partial charge on any atom is 0.303 e. The summed E-state index contributed by atoms with van der Waals surface area (Å²) in [6.07, 6.45) is -5.59. The molecule has 0 aliphatic carbocycles. The molecule has 0 saturated carbocycles. The zero-order chi connectivity index (χ0) is 40.1. The van der Waals surface area contributed by atoms with Gasteiger partial charge in [0.25, 0.3) is 8.53 Å². The number of nitrogens with zero attached hydrogens (tertiary/aromatic N) is 2. The number of hydrogen-bond acceptors (Lipinski definition) is 13. The highest BCUT2D eigenvalue weighted by Crippen LogP contribution is 2.50. The molecular formula is C41H53N2O11P. The number of hydrogen-bond donors (Lipinski definition) is 0. The molecule has 0 amide bonds. The Morgan fingerprint density at radius 1 is 0.782 bits per heavy atom. The molecule has 1 aliphatic heterocycles. The first-order valence-electron chi connectivity index (χ1n) is 18.2. The van der Waals surface area contributed by atoms with E-state index in [1.807, 2.05) is 111 Å². The highest BCUT2D eigenvalue weighted by molar-refractivity contribution is 7.44. The van der Waals surface area contributed by atoms with Crippen LogP contribution >= 0.6 is 8.53 Å². The summed E-state index contributed by atoms with van der Waals surface area (Å²) in [7, 11) is 2.71. The van der Waals surface area contributed by atoms with E-state index in [-0.39, 0.29) is 31.7 Å². The van der Waals surface area contributed by atoms with Gasteiger partial charge < -0.3 is 42.2 Å². The molecule has 298 valence electrons. The maximum absolute atomic E-state index is 12.8. The van der Waals surface area contributed by atoms with Crippen molar-refractivity contribution < 1.29 is 51.8 Å². The van der Waals surface area contributed by atoms with Crippen LogP contribution in [-0.4, -0.2) is 93.9 Å². The molecule has 3 aromatic rings. The molecule has 0 radical (unpaired) electrons. The van der Waals surface area contributed by atoms with Crippen molar-refractivity contribution in [2.45, 2.75) is 96.4 Å². The Labute approximate surface area is 325 Å². The Hall–Kier alpha value is -4.12. The highest BCUT2D eigenvalue weighted by Gasteiger charge is 2.53. The van der Waals surface area contributed by atoms with E-state index in [4.69, 9.17) is 42.2 Å². The first-order valence-corrected chi connectivity index (χ1v) is 19.3. The van der Waals surface area contributed by atoms with Gasteiger partial charge in [-0.2, -0.15) is 5.26 Å². The van der Waals surface area contributed by atoms with Crippen molar-refractivity contribution in [1.29, 1.82) is 5.26 Å². The number of ether oxygens (including phenoxy) is 7. The van der Waals surface area contributed by atoms with Gasteiger partial charge >= 0.3 is 11.9 Å². The van der Waals surface area contributed by atoms with Crippen molar-refractivity contribution in [1.82, 2.24) is 4.67 Å². The third kappa shape index (κ3) is 10.8. The normalized spacial score (nSPS) is 20.5. The van der Waals surface area contributed by atoms with Gasteiger partial charge in [0.15, 0.2) is 18.5 Å². The molecule has 1 saturated heterocycles. The smallest absolute Gasteiger partial charge is 0.303 e. The molecule has 1 fully saturated rings. The van der Waals surface area contributed by atoms with E-state index in [1.165, 1.54) is 21.0 Å². The van der Waals surface area contributed by atoms with Gasteiger partial charge in [-0.15, -0.1) is 0 Å². The van der Waals surface area contributed by atoms with Gasteiger partial charge in [0, 0.05) is 33.0 Å². The van der Waals surface area contributed by atoms with Crippen molar-refractivity contribution in [3.63, 3.8) is 0 Å². The lowest BCUT2D eigenvalue weighted by molar-refractivity contribution is -0.300. The van der Waals surface area contributed by atoms with Gasteiger partial charge in [0.1, 0.15) is 29.3 Å². The molecule has 0 N–H and O–H groups in total. The summed E-state index contributed by atoms with van der Waals surface area (Å²) < 4.78 is 57.4. The van der Waals surface area contributed by atoms with Crippen LogP contribution in [0.4, 0.5) is 0 Å². The zero-order valence-corrected chi connectivity index (χ0v) is 33.9. The largest absolute Gasteiger partial charge is 0.497 e. The molecular weight excluding hydrogens is 727 g/mol. The van der Waals surface area contributed by atoms with Gasteiger partial charge in [-0.1, -0.05) is 54.6 Å². The highest BCUT2D eigenvalue weighted by atomic mass is 31.2. The molecule has 13 nitrogen and oxygen atoms in total. The monoisotopic (exact) mass is 780 g/mol. The maximum atomic E-state index is 12.8. The summed E-state index contributed by atoms with van der Waals surface area (Å²) in [4.78, 5) is 25.3. The standard InChI is InChI=1S/C41H53N2O11P/c1-27(2)43(28(3)4)55(50-25-13-24-42)54-37-36(53-40(48-9)39(52-30(6)45)38(37)51-29(5)44)26-49-41(31-14-11-10-12-15-31,32-16-20-34(46-7)21-17-32)33-18-22-35(47-8)23-19-33/h10-12,14-23,27-28,36-40H,13,25-26H2,1-9H3/t36-,37-,38+,39-,40+,55?/m1/s1. The average Bonchev–Trinajstić information content (AvgIpc) is 3.17. The zero-order valence-electron chi connectivity index (χ0n) is 33.0. The van der Waals surface area contributed by atoms with E-state index >= 15 is 0 Å². The third-order valence-corrected chi connectivity index (χ3v) is 11.1.